The van der Waals surface area contributed by atoms with Crippen LogP contribution in [0.3, 0.4) is 0 Å². The van der Waals surface area contributed by atoms with Gasteiger partial charge in [0, 0.05) is 0 Å². The Balaban J connectivity index is -0.0000000171. The van der Waals surface area contributed by atoms with Gasteiger partial charge >= 0.3 is 95.2 Å². The molecule has 0 aliphatic heterocycles. The van der Waals surface area contributed by atoms with Crippen molar-refractivity contribution in [3.63, 3.8) is 0 Å². The van der Waals surface area contributed by atoms with Gasteiger partial charge in [-0.25, -0.2) is 0 Å². The van der Waals surface area contributed by atoms with Crippen LogP contribution in [-0.2, 0) is 0 Å². The average Bonchev–Trinajstić information content (AvgIpc) is 1.25. The first kappa shape index (κ1) is 29.2. The van der Waals surface area contributed by atoms with E-state index >= 15 is 0 Å². The standard InChI is InChI=1S/2BO3.Ca.Li.Tb/c2*2-1(3)4;;;/q2*-3;+2;+1;+3. The molecule has 0 aromatic heterocycles. The third kappa shape index (κ3) is 172. The fraction of sp³-hybridized carbons (Fsp3) is 0. The van der Waals surface area contributed by atoms with Crippen molar-refractivity contribution in [1.29, 1.82) is 0 Å². The van der Waals surface area contributed by atoms with Gasteiger partial charge in [0.25, 0.3) is 0 Å². The summed E-state index contributed by atoms with van der Waals surface area (Å²) in [6.45, 7) is 0. The van der Waals surface area contributed by atoms with Crippen LogP contribution in [0.5, 0.6) is 0 Å². The topological polar surface area (TPSA) is 138 Å². The Labute approximate surface area is 137 Å². The molecular weight excluding hydrogens is 324 g/mol. The first-order chi connectivity index (χ1) is 3.46. The van der Waals surface area contributed by atoms with Gasteiger partial charge in [-0.15, -0.1) is 0 Å². The number of rotatable bonds is 0. The van der Waals surface area contributed by atoms with Crippen LogP contribution in [0, 0.1) is 38.6 Å². The Kier molecular flexibility index (Phi) is 61.4. The predicted molar refractivity (Wildman–Crippen MR) is 17.3 cm³/mol. The zero-order chi connectivity index (χ0) is 7.15. The van der Waals surface area contributed by atoms with E-state index in [0.717, 1.165) is 0 Å². The van der Waals surface area contributed by atoms with Crippen LogP contribution >= 0.6 is 0 Å². The number of hydrogen-bond acceptors (Lipinski definition) is 6. The van der Waals surface area contributed by atoms with E-state index in [1.807, 2.05) is 0 Å². The van der Waals surface area contributed by atoms with Gasteiger partial charge in [0.05, 0.1) is 0 Å². The van der Waals surface area contributed by atoms with Crippen molar-refractivity contribution >= 4 is 52.4 Å². The summed E-state index contributed by atoms with van der Waals surface area (Å²) in [4.78, 5) is 0. The van der Waals surface area contributed by atoms with E-state index in [-0.39, 0.29) is 95.2 Å². The van der Waals surface area contributed by atoms with Crippen molar-refractivity contribution in [1.82, 2.24) is 0 Å². The maximum Gasteiger partial charge on any atom is 3.00 e. The summed E-state index contributed by atoms with van der Waals surface area (Å²) in [6.07, 6.45) is 0. The molecule has 11 heteroatoms. The molecule has 0 fully saturated rings. The van der Waals surface area contributed by atoms with Crippen LogP contribution in [0.2, 0.25) is 0 Å². The van der Waals surface area contributed by atoms with Crippen molar-refractivity contribution < 1.29 is 87.6 Å². The van der Waals surface area contributed by atoms with Crippen molar-refractivity contribution in [2.45, 2.75) is 0 Å². The van der Waals surface area contributed by atoms with E-state index in [1.54, 1.807) is 0 Å². The van der Waals surface area contributed by atoms with Crippen molar-refractivity contribution in [3.05, 3.63) is 0 Å². The summed E-state index contributed by atoms with van der Waals surface area (Å²) in [7, 11) is -5.83. The summed E-state index contributed by atoms with van der Waals surface area (Å²) in [5, 5.41) is 50.5. The quantitative estimate of drug-likeness (QED) is 0.406. The molecule has 0 rings (SSSR count). The molecule has 0 aromatic carbocycles. The molecule has 0 spiro atoms. The van der Waals surface area contributed by atoms with Crippen LogP contribution < -0.4 is 49.0 Å². The smallest absolute Gasteiger partial charge is 0.907 e. The predicted octanol–water partition coefficient (Wildman–Crippen LogP) is -11.3. The summed E-state index contributed by atoms with van der Waals surface area (Å²) >= 11 is 0. The van der Waals surface area contributed by atoms with E-state index in [1.165, 1.54) is 0 Å². The molecular formula is B2CaLiO6Tb. The third-order valence-electron chi connectivity index (χ3n) is 0. The fourth-order valence-corrected chi connectivity index (χ4v) is 0. The van der Waals surface area contributed by atoms with Gasteiger partial charge in [-0.1, -0.05) is 0 Å². The fourth-order valence-electron chi connectivity index (χ4n) is 0. The monoisotopic (exact) mass is 324 g/mol. The second kappa shape index (κ2) is 23.1. The first-order valence-corrected chi connectivity index (χ1v) is 1.41. The number of hydrogen-bond donors (Lipinski definition) is 0. The third-order valence-corrected chi connectivity index (χ3v) is 0. The molecule has 0 heterocycles. The van der Waals surface area contributed by atoms with Gasteiger partial charge < -0.3 is 30.1 Å². The molecule has 0 unspecified atom stereocenters. The van der Waals surface area contributed by atoms with E-state index in [0.29, 0.717) is 0 Å². The molecule has 0 amide bonds. The SMILES string of the molecule is [Ca+2].[Li+].[O-]B([O-])[O-].[O-]B([O-])[O-].[Tb+3]. The Hall–Kier alpha value is 3.03. The molecule has 0 aliphatic rings. The molecule has 0 radical (unpaired) electrons. The minimum absolute atomic E-state index is 0. The zero-order valence-corrected chi connectivity index (χ0v) is 9.99. The largest absolute Gasteiger partial charge is 3.00 e. The summed E-state index contributed by atoms with van der Waals surface area (Å²) in [6, 6.07) is 0. The van der Waals surface area contributed by atoms with Crippen LogP contribution in [0.15, 0.2) is 0 Å². The molecule has 11 heavy (non-hydrogen) atoms. The van der Waals surface area contributed by atoms with Crippen molar-refractivity contribution in [2.24, 2.45) is 0 Å². The average molecular weight is 324 g/mol. The van der Waals surface area contributed by atoms with Gasteiger partial charge in [0.1, 0.15) is 0 Å². The summed E-state index contributed by atoms with van der Waals surface area (Å²) < 4.78 is 0. The minimum Gasteiger partial charge on any atom is -0.907 e. The van der Waals surface area contributed by atoms with Crippen LogP contribution in [-0.4, -0.2) is 52.4 Å². The Bertz CT molecular complexity index is 36.1. The van der Waals surface area contributed by atoms with Crippen LogP contribution in [0.4, 0.5) is 0 Å². The van der Waals surface area contributed by atoms with Gasteiger partial charge in [0.15, 0.2) is 0 Å². The van der Waals surface area contributed by atoms with E-state index in [9.17, 15) is 0 Å². The molecule has 54 valence electrons. The van der Waals surface area contributed by atoms with E-state index in [4.69, 9.17) is 30.1 Å². The van der Waals surface area contributed by atoms with Crippen molar-refractivity contribution in [2.75, 3.05) is 0 Å². The van der Waals surface area contributed by atoms with Gasteiger partial charge in [0.2, 0.25) is 0 Å². The van der Waals surface area contributed by atoms with Gasteiger partial charge in [-0.2, -0.15) is 0 Å². The Morgan fingerprint density at radius 1 is 0.636 bits per heavy atom. The molecule has 6 nitrogen and oxygen atoms in total. The summed E-state index contributed by atoms with van der Waals surface area (Å²) in [5.41, 5.74) is 0. The van der Waals surface area contributed by atoms with E-state index < -0.39 is 14.6 Å². The maximum atomic E-state index is 8.42. The van der Waals surface area contributed by atoms with E-state index in [2.05, 4.69) is 0 Å². The first-order valence-electron chi connectivity index (χ1n) is 1.41. The van der Waals surface area contributed by atoms with Crippen LogP contribution in [0.1, 0.15) is 0 Å². The van der Waals surface area contributed by atoms with Gasteiger partial charge in [-0.3, -0.25) is 14.6 Å². The molecule has 0 aromatic rings. The zero-order valence-electron chi connectivity index (χ0n) is 5.64. The van der Waals surface area contributed by atoms with Gasteiger partial charge in [-0.05, 0) is 0 Å². The van der Waals surface area contributed by atoms with Crippen LogP contribution in [0.25, 0.3) is 0 Å². The Morgan fingerprint density at radius 2 is 0.636 bits per heavy atom. The second-order valence-electron chi connectivity index (χ2n) is 0.577. The summed E-state index contributed by atoms with van der Waals surface area (Å²) in [5.74, 6) is 0. The molecule has 0 saturated heterocycles. The molecule has 0 aliphatic carbocycles. The second-order valence-corrected chi connectivity index (χ2v) is 0.577. The molecule has 0 N–H and O–H groups in total. The maximum absolute atomic E-state index is 8.42. The Morgan fingerprint density at radius 3 is 0.636 bits per heavy atom. The molecule has 0 bridgehead atoms. The normalized spacial score (nSPS) is 4.91. The molecule has 0 saturated carbocycles. The minimum atomic E-state index is -2.92. The molecule has 0 atom stereocenters. The van der Waals surface area contributed by atoms with Crippen molar-refractivity contribution in [3.8, 4) is 0 Å².